The Bertz CT molecular complexity index is 545. The molecule has 1 heterocycles. The van der Waals surface area contributed by atoms with Gasteiger partial charge in [-0.2, -0.15) is 0 Å². The zero-order valence-corrected chi connectivity index (χ0v) is 10.9. The lowest BCUT2D eigenvalue weighted by Crippen LogP contribution is -2.29. The topological polar surface area (TPSA) is 46.3 Å². The van der Waals surface area contributed by atoms with Gasteiger partial charge in [0.05, 0.1) is 12.1 Å². The number of amides is 1. The van der Waals surface area contributed by atoms with E-state index in [-0.39, 0.29) is 18.0 Å². The lowest BCUT2D eigenvalue weighted by molar-refractivity contribution is 0.0783. The van der Waals surface area contributed by atoms with Crippen LogP contribution in [0.15, 0.2) is 18.2 Å². The Hall–Kier alpha value is -1.86. The fraction of sp³-hybridized carbons (Fsp3) is 0.400. The summed E-state index contributed by atoms with van der Waals surface area (Å²) in [5.41, 5.74) is 6.00. The number of hydrogen-bond acceptors (Lipinski definition) is 2. The summed E-state index contributed by atoms with van der Waals surface area (Å²) in [6.45, 7) is 3.71. The molecular weight excluding hydrogens is 243 g/mol. The van der Waals surface area contributed by atoms with Gasteiger partial charge in [-0.1, -0.05) is 18.8 Å². The van der Waals surface area contributed by atoms with Gasteiger partial charge in [-0.15, -0.1) is 0 Å². The molecule has 1 amide bonds. The van der Waals surface area contributed by atoms with E-state index in [1.165, 1.54) is 12.1 Å². The Morgan fingerprint density at radius 1 is 1.58 bits per heavy atom. The van der Waals surface area contributed by atoms with E-state index in [1.807, 2.05) is 0 Å². The van der Waals surface area contributed by atoms with Crippen molar-refractivity contribution in [1.29, 1.82) is 0 Å². The highest BCUT2D eigenvalue weighted by Gasteiger charge is 2.25. The molecule has 1 saturated heterocycles. The normalized spacial score (nSPS) is 18.1. The fourth-order valence-corrected chi connectivity index (χ4v) is 2.21. The number of rotatable bonds is 1. The van der Waals surface area contributed by atoms with Crippen LogP contribution in [0.4, 0.5) is 4.39 Å². The Kier molecular flexibility index (Phi) is 4.18. The van der Waals surface area contributed by atoms with Crippen LogP contribution in [-0.4, -0.2) is 30.4 Å². The van der Waals surface area contributed by atoms with E-state index in [9.17, 15) is 9.18 Å². The van der Waals surface area contributed by atoms with Gasteiger partial charge in [0.25, 0.3) is 5.91 Å². The minimum atomic E-state index is -0.497. The summed E-state index contributed by atoms with van der Waals surface area (Å²) in [7, 11) is 0. The Labute approximate surface area is 112 Å². The fourth-order valence-electron chi connectivity index (χ4n) is 2.21. The molecule has 1 aromatic carbocycles. The smallest absolute Gasteiger partial charge is 0.256 e. The SMILES string of the molecule is CC1CCN(C(=O)c2cc(C#CCN)ccc2F)C1. The monoisotopic (exact) mass is 260 g/mol. The van der Waals surface area contributed by atoms with Crippen molar-refractivity contribution in [2.45, 2.75) is 13.3 Å². The average molecular weight is 260 g/mol. The standard InChI is InChI=1S/C15H17FN2O/c1-11-6-8-18(10-11)15(19)13-9-12(3-2-7-17)4-5-14(13)16/h4-5,9,11H,6-8,10,17H2,1H3. The van der Waals surface area contributed by atoms with E-state index >= 15 is 0 Å². The van der Waals surface area contributed by atoms with Crippen molar-refractivity contribution < 1.29 is 9.18 Å². The van der Waals surface area contributed by atoms with Gasteiger partial charge in [0.1, 0.15) is 5.82 Å². The molecule has 1 aliphatic rings. The van der Waals surface area contributed by atoms with Gasteiger partial charge in [-0.05, 0) is 30.5 Å². The van der Waals surface area contributed by atoms with Crippen molar-refractivity contribution in [3.63, 3.8) is 0 Å². The Morgan fingerprint density at radius 3 is 3.00 bits per heavy atom. The van der Waals surface area contributed by atoms with Gasteiger partial charge in [-0.3, -0.25) is 4.79 Å². The van der Waals surface area contributed by atoms with E-state index in [0.717, 1.165) is 6.42 Å². The van der Waals surface area contributed by atoms with Crippen molar-refractivity contribution in [3.05, 3.63) is 35.1 Å². The number of carbonyl (C=O) groups excluding carboxylic acids is 1. The summed E-state index contributed by atoms with van der Waals surface area (Å²) in [5, 5.41) is 0. The molecule has 100 valence electrons. The number of carbonyl (C=O) groups is 1. The van der Waals surface area contributed by atoms with Crippen LogP contribution >= 0.6 is 0 Å². The molecule has 0 radical (unpaired) electrons. The third-order valence-electron chi connectivity index (χ3n) is 3.24. The minimum Gasteiger partial charge on any atom is -0.338 e. The maximum absolute atomic E-state index is 13.8. The predicted molar refractivity (Wildman–Crippen MR) is 72.0 cm³/mol. The van der Waals surface area contributed by atoms with E-state index in [4.69, 9.17) is 5.73 Å². The maximum atomic E-state index is 13.8. The first-order valence-electron chi connectivity index (χ1n) is 6.39. The van der Waals surface area contributed by atoms with Crippen LogP contribution in [0.2, 0.25) is 0 Å². The van der Waals surface area contributed by atoms with E-state index in [2.05, 4.69) is 18.8 Å². The summed E-state index contributed by atoms with van der Waals surface area (Å²) in [4.78, 5) is 14.0. The van der Waals surface area contributed by atoms with Crippen LogP contribution in [0.1, 0.15) is 29.3 Å². The van der Waals surface area contributed by atoms with Crippen molar-refractivity contribution in [2.24, 2.45) is 11.7 Å². The highest BCUT2D eigenvalue weighted by molar-refractivity contribution is 5.95. The van der Waals surface area contributed by atoms with Crippen LogP contribution in [0.3, 0.4) is 0 Å². The van der Waals surface area contributed by atoms with Crippen molar-refractivity contribution in [1.82, 2.24) is 4.90 Å². The van der Waals surface area contributed by atoms with Gasteiger partial charge >= 0.3 is 0 Å². The molecule has 4 heteroatoms. The molecule has 0 spiro atoms. The van der Waals surface area contributed by atoms with E-state index < -0.39 is 5.82 Å². The predicted octanol–water partition coefficient (Wildman–Crippen LogP) is 1.62. The molecule has 1 aliphatic heterocycles. The summed E-state index contributed by atoms with van der Waals surface area (Å²) in [5.74, 6) is 5.24. The summed E-state index contributed by atoms with van der Waals surface area (Å²) >= 11 is 0. The molecule has 1 aromatic rings. The third kappa shape index (κ3) is 3.12. The second kappa shape index (κ2) is 5.85. The number of halogens is 1. The molecule has 0 saturated carbocycles. The van der Waals surface area contributed by atoms with Crippen molar-refractivity contribution in [2.75, 3.05) is 19.6 Å². The van der Waals surface area contributed by atoms with E-state index in [1.54, 1.807) is 11.0 Å². The summed E-state index contributed by atoms with van der Waals surface area (Å²) < 4.78 is 13.8. The van der Waals surface area contributed by atoms with Crippen LogP contribution in [-0.2, 0) is 0 Å². The average Bonchev–Trinajstić information content (AvgIpc) is 2.84. The maximum Gasteiger partial charge on any atom is 0.256 e. The van der Waals surface area contributed by atoms with Crippen molar-refractivity contribution >= 4 is 5.91 Å². The van der Waals surface area contributed by atoms with Gasteiger partial charge in [0.15, 0.2) is 0 Å². The van der Waals surface area contributed by atoms with Crippen LogP contribution in [0.25, 0.3) is 0 Å². The van der Waals surface area contributed by atoms with Gasteiger partial charge in [-0.25, -0.2) is 4.39 Å². The molecule has 1 unspecified atom stereocenters. The van der Waals surface area contributed by atoms with Crippen LogP contribution in [0, 0.1) is 23.6 Å². The molecule has 0 aromatic heterocycles. The van der Waals surface area contributed by atoms with Gasteiger partial charge < -0.3 is 10.6 Å². The largest absolute Gasteiger partial charge is 0.338 e. The zero-order valence-electron chi connectivity index (χ0n) is 10.9. The number of benzene rings is 1. The number of nitrogens with two attached hydrogens (primary N) is 1. The van der Waals surface area contributed by atoms with Gasteiger partial charge in [0, 0.05) is 18.7 Å². The first-order chi connectivity index (χ1) is 9.11. The molecule has 1 atom stereocenters. The molecular formula is C15H17FN2O. The first kappa shape index (κ1) is 13.6. The number of likely N-dealkylation sites (tertiary alicyclic amines) is 1. The Morgan fingerprint density at radius 2 is 2.37 bits per heavy atom. The minimum absolute atomic E-state index is 0.0953. The second-order valence-electron chi connectivity index (χ2n) is 4.85. The Balaban J connectivity index is 2.25. The second-order valence-corrected chi connectivity index (χ2v) is 4.85. The molecule has 2 N–H and O–H groups in total. The van der Waals surface area contributed by atoms with Crippen LogP contribution < -0.4 is 5.73 Å². The highest BCUT2D eigenvalue weighted by atomic mass is 19.1. The van der Waals surface area contributed by atoms with Crippen LogP contribution in [0.5, 0.6) is 0 Å². The third-order valence-corrected chi connectivity index (χ3v) is 3.24. The van der Waals surface area contributed by atoms with Gasteiger partial charge in [0.2, 0.25) is 0 Å². The first-order valence-corrected chi connectivity index (χ1v) is 6.39. The lowest BCUT2D eigenvalue weighted by atomic mass is 10.1. The molecule has 0 aliphatic carbocycles. The number of nitrogens with zero attached hydrogens (tertiary/aromatic N) is 1. The zero-order chi connectivity index (χ0) is 13.8. The highest BCUT2D eigenvalue weighted by Crippen LogP contribution is 2.20. The summed E-state index contributed by atoms with van der Waals surface area (Å²) in [6, 6.07) is 4.35. The van der Waals surface area contributed by atoms with Crippen molar-refractivity contribution in [3.8, 4) is 11.8 Å². The number of hydrogen-bond donors (Lipinski definition) is 1. The molecule has 0 bridgehead atoms. The van der Waals surface area contributed by atoms with E-state index in [0.29, 0.717) is 24.6 Å². The lowest BCUT2D eigenvalue weighted by Gasteiger charge is -2.16. The molecule has 2 rings (SSSR count). The quantitative estimate of drug-likeness (QED) is 0.780. The molecule has 1 fully saturated rings. The summed E-state index contributed by atoms with van der Waals surface area (Å²) in [6.07, 6.45) is 0.972. The molecule has 3 nitrogen and oxygen atoms in total. The molecule has 19 heavy (non-hydrogen) atoms.